The Balaban J connectivity index is 1.67. The number of carbonyl (C=O) groups excluding carboxylic acids is 1. The lowest BCUT2D eigenvalue weighted by Crippen LogP contribution is -2.33. The van der Waals surface area contributed by atoms with Crippen LogP contribution in [0.5, 0.6) is 0 Å². The number of aromatic nitrogens is 3. The molecule has 1 amide bonds. The fourth-order valence-electron chi connectivity index (χ4n) is 2.84. The van der Waals surface area contributed by atoms with E-state index in [0.717, 1.165) is 18.8 Å². The molecule has 0 spiro atoms. The highest BCUT2D eigenvalue weighted by molar-refractivity contribution is 5.78. The first-order valence-electron chi connectivity index (χ1n) is 7.41. The predicted octanol–water partition coefficient (Wildman–Crippen LogP) is 2.42. The fourth-order valence-corrected chi connectivity index (χ4v) is 2.84. The summed E-state index contributed by atoms with van der Waals surface area (Å²) in [6, 6.07) is 0. The van der Waals surface area contributed by atoms with Crippen LogP contribution in [-0.4, -0.2) is 21.1 Å². The van der Waals surface area contributed by atoms with E-state index in [1.54, 1.807) is 0 Å². The minimum atomic E-state index is 0.172. The molecule has 0 atom stereocenters. The molecule has 1 aromatic heterocycles. The molecule has 1 aromatic rings. The van der Waals surface area contributed by atoms with Crippen molar-refractivity contribution >= 4 is 5.91 Å². The van der Waals surface area contributed by atoms with Crippen molar-refractivity contribution in [3.05, 3.63) is 12.2 Å². The number of hydrogen-bond donors (Lipinski definition) is 2. The Morgan fingerprint density at radius 1 is 1.42 bits per heavy atom. The van der Waals surface area contributed by atoms with E-state index in [-0.39, 0.29) is 11.8 Å². The van der Waals surface area contributed by atoms with E-state index in [2.05, 4.69) is 27.4 Å². The standard InChI is InChI=1S/C14H24N4O/c1-2-3-4-11-5-7-12(8-6-11)14(19)15-9-13-16-10-17-18-13/h10-12H,2-9H2,1H3,(H,15,19)(H,16,17,18). The maximum atomic E-state index is 12.0. The van der Waals surface area contributed by atoms with Crippen molar-refractivity contribution in [2.45, 2.75) is 58.4 Å². The van der Waals surface area contributed by atoms with Gasteiger partial charge in [0.15, 0.2) is 0 Å². The van der Waals surface area contributed by atoms with Crippen molar-refractivity contribution in [2.75, 3.05) is 0 Å². The van der Waals surface area contributed by atoms with E-state index >= 15 is 0 Å². The van der Waals surface area contributed by atoms with Crippen molar-refractivity contribution in [2.24, 2.45) is 11.8 Å². The largest absolute Gasteiger partial charge is 0.349 e. The number of rotatable bonds is 6. The van der Waals surface area contributed by atoms with E-state index in [4.69, 9.17) is 0 Å². The van der Waals surface area contributed by atoms with Crippen molar-refractivity contribution in [1.82, 2.24) is 20.5 Å². The summed E-state index contributed by atoms with van der Waals surface area (Å²) in [6.07, 6.45) is 9.89. The Kier molecular flexibility index (Phi) is 5.36. The molecule has 5 heteroatoms. The maximum absolute atomic E-state index is 12.0. The first-order chi connectivity index (χ1) is 9.29. The van der Waals surface area contributed by atoms with Crippen LogP contribution in [0.4, 0.5) is 0 Å². The highest BCUT2D eigenvalue weighted by Gasteiger charge is 2.25. The van der Waals surface area contributed by atoms with Gasteiger partial charge in [0.25, 0.3) is 0 Å². The van der Waals surface area contributed by atoms with Crippen LogP contribution in [0.1, 0.15) is 57.7 Å². The zero-order valence-corrected chi connectivity index (χ0v) is 11.7. The van der Waals surface area contributed by atoms with Gasteiger partial charge in [-0.05, 0) is 31.6 Å². The second-order valence-corrected chi connectivity index (χ2v) is 5.51. The summed E-state index contributed by atoms with van der Waals surface area (Å²) in [7, 11) is 0. The summed E-state index contributed by atoms with van der Waals surface area (Å²) in [5.41, 5.74) is 0. The van der Waals surface area contributed by atoms with Crippen LogP contribution in [0.15, 0.2) is 6.33 Å². The molecule has 1 heterocycles. The monoisotopic (exact) mass is 264 g/mol. The molecule has 1 aliphatic carbocycles. The van der Waals surface area contributed by atoms with Crippen LogP contribution in [0.3, 0.4) is 0 Å². The summed E-state index contributed by atoms with van der Waals surface area (Å²) in [6.45, 7) is 2.69. The normalized spacial score (nSPS) is 23.2. The van der Waals surface area contributed by atoms with Gasteiger partial charge in [-0.25, -0.2) is 4.98 Å². The maximum Gasteiger partial charge on any atom is 0.223 e. The highest BCUT2D eigenvalue weighted by Crippen LogP contribution is 2.31. The number of carbonyl (C=O) groups is 1. The Labute approximate surface area is 114 Å². The van der Waals surface area contributed by atoms with Gasteiger partial charge in [-0.3, -0.25) is 9.89 Å². The summed E-state index contributed by atoms with van der Waals surface area (Å²) in [4.78, 5) is 16.0. The number of amides is 1. The summed E-state index contributed by atoms with van der Waals surface area (Å²) in [5.74, 6) is 1.93. The minimum absolute atomic E-state index is 0.172. The quantitative estimate of drug-likeness (QED) is 0.829. The van der Waals surface area contributed by atoms with Gasteiger partial charge in [0.05, 0.1) is 6.54 Å². The third kappa shape index (κ3) is 4.33. The average Bonchev–Trinajstić information content (AvgIpc) is 2.96. The van der Waals surface area contributed by atoms with Crippen LogP contribution >= 0.6 is 0 Å². The molecule has 0 radical (unpaired) electrons. The van der Waals surface area contributed by atoms with Crippen molar-refractivity contribution < 1.29 is 4.79 Å². The molecular weight excluding hydrogens is 240 g/mol. The minimum Gasteiger partial charge on any atom is -0.349 e. The third-order valence-electron chi connectivity index (χ3n) is 4.08. The molecule has 5 nitrogen and oxygen atoms in total. The van der Waals surface area contributed by atoms with Crippen LogP contribution < -0.4 is 5.32 Å². The molecule has 2 N–H and O–H groups in total. The SMILES string of the molecule is CCCCC1CCC(C(=O)NCc2ncn[nH]2)CC1. The third-order valence-corrected chi connectivity index (χ3v) is 4.08. The van der Waals surface area contributed by atoms with Gasteiger partial charge in [0.1, 0.15) is 12.2 Å². The number of H-pyrrole nitrogens is 1. The predicted molar refractivity (Wildman–Crippen MR) is 73.2 cm³/mol. The van der Waals surface area contributed by atoms with Gasteiger partial charge < -0.3 is 5.32 Å². The lowest BCUT2D eigenvalue weighted by atomic mass is 9.79. The Morgan fingerprint density at radius 2 is 2.21 bits per heavy atom. The number of hydrogen-bond acceptors (Lipinski definition) is 3. The summed E-state index contributed by atoms with van der Waals surface area (Å²) in [5, 5.41) is 9.45. The molecule has 19 heavy (non-hydrogen) atoms. The molecule has 0 aromatic carbocycles. The number of aromatic amines is 1. The lowest BCUT2D eigenvalue weighted by molar-refractivity contribution is -0.126. The van der Waals surface area contributed by atoms with Gasteiger partial charge in [0, 0.05) is 5.92 Å². The Hall–Kier alpha value is -1.39. The second-order valence-electron chi connectivity index (χ2n) is 5.51. The van der Waals surface area contributed by atoms with Crippen LogP contribution in [0, 0.1) is 11.8 Å². The van der Waals surface area contributed by atoms with E-state index in [1.807, 2.05) is 0 Å². The lowest BCUT2D eigenvalue weighted by Gasteiger charge is -2.27. The number of nitrogens with one attached hydrogen (secondary N) is 2. The molecule has 0 aliphatic heterocycles. The smallest absolute Gasteiger partial charge is 0.223 e. The van der Waals surface area contributed by atoms with E-state index in [9.17, 15) is 4.79 Å². The van der Waals surface area contributed by atoms with Gasteiger partial charge >= 0.3 is 0 Å². The van der Waals surface area contributed by atoms with Gasteiger partial charge in [-0.1, -0.05) is 26.2 Å². The summed E-state index contributed by atoms with van der Waals surface area (Å²) >= 11 is 0. The van der Waals surface area contributed by atoms with E-state index in [0.29, 0.717) is 12.4 Å². The molecule has 1 saturated carbocycles. The van der Waals surface area contributed by atoms with Crippen LogP contribution in [0.25, 0.3) is 0 Å². The Bertz CT molecular complexity index is 369. The van der Waals surface area contributed by atoms with Gasteiger partial charge in [0.2, 0.25) is 5.91 Å². The highest BCUT2D eigenvalue weighted by atomic mass is 16.1. The number of unbranched alkanes of at least 4 members (excludes halogenated alkanes) is 1. The zero-order chi connectivity index (χ0) is 13.5. The average molecular weight is 264 g/mol. The fraction of sp³-hybridized carbons (Fsp3) is 0.786. The first kappa shape index (κ1) is 14.0. The molecule has 1 fully saturated rings. The van der Waals surface area contributed by atoms with Gasteiger partial charge in [-0.15, -0.1) is 0 Å². The molecule has 0 bridgehead atoms. The summed E-state index contributed by atoms with van der Waals surface area (Å²) < 4.78 is 0. The molecule has 0 unspecified atom stereocenters. The zero-order valence-electron chi connectivity index (χ0n) is 11.7. The van der Waals surface area contributed by atoms with Crippen molar-refractivity contribution in [3.8, 4) is 0 Å². The molecular formula is C14H24N4O. The van der Waals surface area contributed by atoms with Crippen LogP contribution in [-0.2, 0) is 11.3 Å². The van der Waals surface area contributed by atoms with Crippen molar-refractivity contribution in [3.63, 3.8) is 0 Å². The molecule has 2 rings (SSSR count). The molecule has 1 aliphatic rings. The van der Waals surface area contributed by atoms with Crippen molar-refractivity contribution in [1.29, 1.82) is 0 Å². The second kappa shape index (κ2) is 7.26. The number of nitrogens with zero attached hydrogens (tertiary/aromatic N) is 2. The Morgan fingerprint density at radius 3 is 2.84 bits per heavy atom. The molecule has 0 saturated heterocycles. The molecule has 106 valence electrons. The first-order valence-corrected chi connectivity index (χ1v) is 7.41. The van der Waals surface area contributed by atoms with E-state index < -0.39 is 0 Å². The van der Waals surface area contributed by atoms with Crippen LogP contribution in [0.2, 0.25) is 0 Å². The van der Waals surface area contributed by atoms with E-state index in [1.165, 1.54) is 38.4 Å². The topological polar surface area (TPSA) is 70.7 Å². The van der Waals surface area contributed by atoms with Gasteiger partial charge in [-0.2, -0.15) is 5.10 Å².